The molecule has 2 atom stereocenters. The fourth-order valence-electron chi connectivity index (χ4n) is 3.69. The van der Waals surface area contributed by atoms with Crippen LogP contribution in [0, 0.1) is 17.2 Å². The molecule has 2 unspecified atom stereocenters. The minimum atomic E-state index is -1.20. The third kappa shape index (κ3) is 3.24. The molecule has 0 spiro atoms. The Labute approximate surface area is 165 Å². The third-order valence-electron chi connectivity index (χ3n) is 6.04. The van der Waals surface area contributed by atoms with Crippen LogP contribution in [-0.4, -0.2) is 34.8 Å². The van der Waals surface area contributed by atoms with Crippen LogP contribution >= 0.6 is 0 Å². The predicted molar refractivity (Wildman–Crippen MR) is 103 cm³/mol. The molecular weight excluding hydrogens is 356 g/mol. The first-order valence-corrected chi connectivity index (χ1v) is 9.59. The summed E-state index contributed by atoms with van der Waals surface area (Å²) in [6.45, 7) is 6.50. The zero-order valence-electron chi connectivity index (χ0n) is 16.8. The number of benzene rings is 1. The lowest BCUT2D eigenvalue weighted by Crippen LogP contribution is -2.52. The molecule has 0 radical (unpaired) electrons. The predicted octanol–water partition coefficient (Wildman–Crippen LogP) is 2.00. The summed E-state index contributed by atoms with van der Waals surface area (Å²) in [5.41, 5.74) is 0.938. The summed E-state index contributed by atoms with van der Waals surface area (Å²) in [6.07, 6.45) is 3.09. The summed E-state index contributed by atoms with van der Waals surface area (Å²) in [7, 11) is 0. The highest BCUT2D eigenvalue weighted by molar-refractivity contribution is 6.09. The van der Waals surface area contributed by atoms with Gasteiger partial charge in [-0.05, 0) is 55.7 Å². The molecule has 0 saturated carbocycles. The van der Waals surface area contributed by atoms with Gasteiger partial charge in [0, 0.05) is 0 Å². The van der Waals surface area contributed by atoms with Crippen molar-refractivity contribution in [3.8, 4) is 6.07 Å². The lowest BCUT2D eigenvalue weighted by Gasteiger charge is -2.28. The van der Waals surface area contributed by atoms with E-state index < -0.39 is 35.5 Å². The van der Waals surface area contributed by atoms with Gasteiger partial charge in [-0.15, -0.1) is 0 Å². The number of aryl methyl sites for hydroxylation is 2. The second kappa shape index (κ2) is 6.93. The molecule has 3 rings (SSSR count). The van der Waals surface area contributed by atoms with E-state index in [0.717, 1.165) is 29.7 Å². The number of carbonyl (C=O) groups is 3. The maximum absolute atomic E-state index is 13.0. The van der Waals surface area contributed by atoms with Crippen molar-refractivity contribution in [2.75, 3.05) is 6.54 Å². The topological polar surface area (TPSA) is 102 Å². The standard InChI is InChI=1S/C21H26N4O3/c1-13(2)20(3,12-22)23-17(26)11-25-18(27)21(4,24-19(25)28)16-9-8-14-6-5-7-15(14)10-16/h8-10,13H,5-7,11H2,1-4H3,(H,23,26)(H,24,28). The molecule has 1 heterocycles. The van der Waals surface area contributed by atoms with Gasteiger partial charge in [0.15, 0.2) is 0 Å². The van der Waals surface area contributed by atoms with Crippen molar-refractivity contribution in [2.24, 2.45) is 5.92 Å². The van der Waals surface area contributed by atoms with Crippen molar-refractivity contribution in [2.45, 2.75) is 58.0 Å². The number of rotatable bonds is 5. The molecule has 0 aromatic heterocycles. The van der Waals surface area contributed by atoms with Gasteiger partial charge in [0.05, 0.1) is 6.07 Å². The van der Waals surface area contributed by atoms with E-state index in [9.17, 15) is 19.6 Å². The molecule has 1 aromatic rings. The summed E-state index contributed by atoms with van der Waals surface area (Å²) in [6, 6.07) is 7.35. The Bertz CT molecular complexity index is 888. The summed E-state index contributed by atoms with van der Waals surface area (Å²) < 4.78 is 0. The van der Waals surface area contributed by atoms with Crippen molar-refractivity contribution in [3.05, 3.63) is 34.9 Å². The number of nitriles is 1. The van der Waals surface area contributed by atoms with E-state index in [1.807, 2.05) is 32.0 Å². The van der Waals surface area contributed by atoms with Crippen LogP contribution in [0.1, 0.15) is 50.8 Å². The van der Waals surface area contributed by atoms with E-state index in [-0.39, 0.29) is 5.92 Å². The highest BCUT2D eigenvalue weighted by Crippen LogP contribution is 2.32. The molecule has 2 N–H and O–H groups in total. The monoisotopic (exact) mass is 382 g/mol. The number of hydrogen-bond acceptors (Lipinski definition) is 4. The zero-order valence-corrected chi connectivity index (χ0v) is 16.8. The number of nitrogens with one attached hydrogen (secondary N) is 2. The summed E-state index contributed by atoms with van der Waals surface area (Å²) >= 11 is 0. The Morgan fingerprint density at radius 3 is 2.68 bits per heavy atom. The van der Waals surface area contributed by atoms with Crippen LogP contribution in [0.25, 0.3) is 0 Å². The average molecular weight is 382 g/mol. The number of amides is 4. The van der Waals surface area contributed by atoms with Crippen LogP contribution < -0.4 is 10.6 Å². The van der Waals surface area contributed by atoms with Gasteiger partial charge in [0.25, 0.3) is 5.91 Å². The molecule has 1 saturated heterocycles. The summed E-state index contributed by atoms with van der Waals surface area (Å²) in [5, 5.41) is 14.7. The normalized spacial score (nSPS) is 23.2. The van der Waals surface area contributed by atoms with Crippen molar-refractivity contribution >= 4 is 17.8 Å². The first-order chi connectivity index (χ1) is 13.1. The van der Waals surface area contributed by atoms with Crippen LogP contribution in [0.2, 0.25) is 0 Å². The summed E-state index contributed by atoms with van der Waals surface area (Å²) in [5.74, 6) is -1.13. The molecule has 4 amide bonds. The number of hydrogen-bond donors (Lipinski definition) is 2. The fraction of sp³-hybridized carbons (Fsp3) is 0.524. The maximum Gasteiger partial charge on any atom is 0.325 e. The second-order valence-corrected chi connectivity index (χ2v) is 8.30. The number of urea groups is 1. The molecule has 1 aromatic carbocycles. The first-order valence-electron chi connectivity index (χ1n) is 9.59. The van der Waals surface area contributed by atoms with Crippen LogP contribution in [0.5, 0.6) is 0 Å². The molecule has 28 heavy (non-hydrogen) atoms. The Morgan fingerprint density at radius 1 is 1.36 bits per heavy atom. The first kappa shape index (κ1) is 19.9. The van der Waals surface area contributed by atoms with E-state index in [1.165, 1.54) is 11.1 Å². The molecule has 2 aliphatic rings. The van der Waals surface area contributed by atoms with Gasteiger partial charge < -0.3 is 10.6 Å². The fourth-order valence-corrected chi connectivity index (χ4v) is 3.69. The summed E-state index contributed by atoms with van der Waals surface area (Å²) in [4.78, 5) is 38.9. The Balaban J connectivity index is 1.78. The Morgan fingerprint density at radius 2 is 2.04 bits per heavy atom. The minimum Gasteiger partial charge on any atom is -0.336 e. The molecule has 7 nitrogen and oxygen atoms in total. The Kier molecular flexibility index (Phi) is 4.92. The van der Waals surface area contributed by atoms with Gasteiger partial charge in [0.2, 0.25) is 5.91 Å². The van der Waals surface area contributed by atoms with Crippen LogP contribution in [0.15, 0.2) is 18.2 Å². The van der Waals surface area contributed by atoms with Gasteiger partial charge in [-0.2, -0.15) is 5.26 Å². The molecular formula is C21H26N4O3. The maximum atomic E-state index is 13.0. The van der Waals surface area contributed by atoms with Crippen LogP contribution in [0.3, 0.4) is 0 Å². The van der Waals surface area contributed by atoms with Crippen LogP contribution in [-0.2, 0) is 28.0 Å². The smallest absolute Gasteiger partial charge is 0.325 e. The highest BCUT2D eigenvalue weighted by atomic mass is 16.2. The Hall–Kier alpha value is -2.88. The minimum absolute atomic E-state index is 0.124. The van der Waals surface area contributed by atoms with Gasteiger partial charge in [-0.1, -0.05) is 32.0 Å². The zero-order chi connectivity index (χ0) is 20.7. The average Bonchev–Trinajstić information content (AvgIpc) is 3.19. The molecule has 148 valence electrons. The van der Waals surface area contributed by atoms with E-state index in [0.29, 0.717) is 0 Å². The van der Waals surface area contributed by atoms with E-state index in [1.54, 1.807) is 13.8 Å². The largest absolute Gasteiger partial charge is 0.336 e. The quantitative estimate of drug-likeness (QED) is 0.760. The second-order valence-electron chi connectivity index (χ2n) is 8.30. The van der Waals surface area contributed by atoms with Crippen molar-refractivity contribution in [3.63, 3.8) is 0 Å². The van der Waals surface area contributed by atoms with Crippen molar-refractivity contribution in [1.29, 1.82) is 5.26 Å². The van der Waals surface area contributed by atoms with Crippen molar-refractivity contribution in [1.82, 2.24) is 15.5 Å². The number of imide groups is 1. The highest BCUT2D eigenvalue weighted by Gasteiger charge is 2.50. The SMILES string of the molecule is CC(C)C(C)(C#N)NC(=O)CN1C(=O)NC(C)(c2ccc3c(c2)CCC3)C1=O. The number of carbonyl (C=O) groups excluding carboxylic acids is 3. The molecule has 0 bridgehead atoms. The molecule has 7 heteroatoms. The van der Waals surface area contributed by atoms with Gasteiger partial charge in [-0.25, -0.2) is 4.79 Å². The molecule has 1 fully saturated rings. The van der Waals surface area contributed by atoms with Crippen LogP contribution in [0.4, 0.5) is 4.79 Å². The number of fused-ring (bicyclic) bond motifs is 1. The van der Waals surface area contributed by atoms with Gasteiger partial charge in [-0.3, -0.25) is 14.5 Å². The van der Waals surface area contributed by atoms with Gasteiger partial charge >= 0.3 is 6.03 Å². The lowest BCUT2D eigenvalue weighted by molar-refractivity contribution is -0.135. The van der Waals surface area contributed by atoms with E-state index in [4.69, 9.17) is 0 Å². The van der Waals surface area contributed by atoms with Gasteiger partial charge in [0.1, 0.15) is 17.6 Å². The molecule has 1 aliphatic carbocycles. The van der Waals surface area contributed by atoms with E-state index >= 15 is 0 Å². The van der Waals surface area contributed by atoms with E-state index in [2.05, 4.69) is 16.7 Å². The third-order valence-corrected chi connectivity index (χ3v) is 6.04. The molecule has 1 aliphatic heterocycles. The lowest BCUT2D eigenvalue weighted by atomic mass is 9.89. The van der Waals surface area contributed by atoms with Crippen molar-refractivity contribution < 1.29 is 14.4 Å². The number of nitrogens with zero attached hydrogens (tertiary/aromatic N) is 2.